The molecule has 3 aromatic rings. The number of halogens is 1. The smallest absolute Gasteiger partial charge is 0.411 e. The van der Waals surface area contributed by atoms with E-state index < -0.39 is 17.7 Å². The van der Waals surface area contributed by atoms with Gasteiger partial charge in [-0.2, -0.15) is 0 Å². The highest BCUT2D eigenvalue weighted by atomic mass is 35.5. The van der Waals surface area contributed by atoms with Gasteiger partial charge in [0, 0.05) is 24.2 Å². The van der Waals surface area contributed by atoms with Crippen LogP contribution in [0.3, 0.4) is 0 Å². The van der Waals surface area contributed by atoms with Crippen LogP contribution in [0.4, 0.5) is 10.5 Å². The number of hydrogen-bond acceptors (Lipinski definition) is 10. The standard InChI is InChI=1S/C28H33ClN2O7S2/c1-31(11-12-37-27(34)30-22-16-23(36-2)18(17-32)15-21(22)29)19-7-9-20(10-8-19)38-26(33)28(35,24-5-3-13-39-24)25-6-4-14-40-25/h3-6,13-16,19-20,32,35H,7-12,17H2,1-2H3,(H,30,34). The van der Waals surface area contributed by atoms with Gasteiger partial charge in [0.1, 0.15) is 18.5 Å². The number of carbonyl (C=O) groups is 2. The van der Waals surface area contributed by atoms with Crippen molar-refractivity contribution in [3.05, 3.63) is 67.5 Å². The Morgan fingerprint density at radius 2 is 1.77 bits per heavy atom. The van der Waals surface area contributed by atoms with Crippen LogP contribution in [0.2, 0.25) is 5.02 Å². The van der Waals surface area contributed by atoms with Gasteiger partial charge in [0.05, 0.1) is 34.2 Å². The summed E-state index contributed by atoms with van der Waals surface area (Å²) in [5.74, 6) is -0.233. The van der Waals surface area contributed by atoms with Gasteiger partial charge in [0.15, 0.2) is 0 Å². The summed E-state index contributed by atoms with van der Waals surface area (Å²) in [6, 6.07) is 10.4. The quantitative estimate of drug-likeness (QED) is 0.253. The Balaban J connectivity index is 1.22. The average Bonchev–Trinajstić information content (AvgIpc) is 3.69. The molecular formula is C28H33ClN2O7S2. The number of rotatable bonds is 11. The predicted molar refractivity (Wildman–Crippen MR) is 155 cm³/mol. The summed E-state index contributed by atoms with van der Waals surface area (Å²) in [7, 11) is 3.44. The van der Waals surface area contributed by atoms with Crippen LogP contribution in [0.15, 0.2) is 47.2 Å². The third-order valence-corrected chi connectivity index (χ3v) is 9.32. The Bertz CT molecular complexity index is 1230. The maximum atomic E-state index is 13.2. The molecule has 0 radical (unpaired) electrons. The van der Waals surface area contributed by atoms with E-state index in [4.69, 9.17) is 25.8 Å². The molecule has 1 aliphatic rings. The Kier molecular flexibility index (Phi) is 10.4. The number of carbonyl (C=O) groups excluding carboxylic acids is 2. The predicted octanol–water partition coefficient (Wildman–Crippen LogP) is 5.23. The van der Waals surface area contributed by atoms with Crippen LogP contribution >= 0.6 is 34.3 Å². The van der Waals surface area contributed by atoms with Crippen LogP contribution in [-0.2, 0) is 26.5 Å². The number of anilines is 1. The highest BCUT2D eigenvalue weighted by Gasteiger charge is 2.45. The lowest BCUT2D eigenvalue weighted by Crippen LogP contribution is -2.42. The van der Waals surface area contributed by atoms with Gasteiger partial charge in [-0.15, -0.1) is 22.7 Å². The maximum Gasteiger partial charge on any atom is 0.411 e. The number of esters is 1. The molecule has 1 fully saturated rings. The molecule has 1 aromatic carbocycles. The Morgan fingerprint density at radius 3 is 2.33 bits per heavy atom. The zero-order valence-electron chi connectivity index (χ0n) is 22.3. The first-order valence-corrected chi connectivity index (χ1v) is 15.0. The molecule has 1 aliphatic carbocycles. The summed E-state index contributed by atoms with van der Waals surface area (Å²) in [6.45, 7) is 0.464. The molecule has 4 rings (SSSR count). The minimum atomic E-state index is -1.80. The minimum absolute atomic E-state index is 0.176. The van der Waals surface area contributed by atoms with Crippen molar-refractivity contribution in [2.75, 3.05) is 32.6 Å². The van der Waals surface area contributed by atoms with Crippen molar-refractivity contribution in [3.63, 3.8) is 0 Å². The molecule has 0 aliphatic heterocycles. The van der Waals surface area contributed by atoms with E-state index in [9.17, 15) is 19.8 Å². The number of ether oxygens (including phenoxy) is 3. The van der Waals surface area contributed by atoms with Crippen molar-refractivity contribution >= 4 is 52.0 Å². The van der Waals surface area contributed by atoms with Crippen molar-refractivity contribution < 1.29 is 34.0 Å². The molecule has 3 N–H and O–H groups in total. The van der Waals surface area contributed by atoms with E-state index in [0.29, 0.717) is 46.1 Å². The van der Waals surface area contributed by atoms with E-state index >= 15 is 0 Å². The van der Waals surface area contributed by atoms with Crippen LogP contribution in [0.5, 0.6) is 5.75 Å². The van der Waals surface area contributed by atoms with Gasteiger partial charge < -0.3 is 29.3 Å². The molecule has 2 heterocycles. The molecule has 1 amide bonds. The highest BCUT2D eigenvalue weighted by molar-refractivity contribution is 7.12. The number of methoxy groups -OCH3 is 1. The number of aliphatic hydroxyl groups is 2. The molecular weight excluding hydrogens is 576 g/mol. The topological polar surface area (TPSA) is 118 Å². The second kappa shape index (κ2) is 13.8. The van der Waals surface area contributed by atoms with Gasteiger partial charge in [0.25, 0.3) is 0 Å². The summed E-state index contributed by atoms with van der Waals surface area (Å²) in [5, 5.41) is 27.4. The number of nitrogens with zero attached hydrogens (tertiary/aromatic N) is 1. The van der Waals surface area contributed by atoms with Crippen molar-refractivity contribution in [1.82, 2.24) is 4.90 Å². The largest absolute Gasteiger partial charge is 0.496 e. The summed E-state index contributed by atoms with van der Waals surface area (Å²) in [4.78, 5) is 28.7. The fraction of sp³-hybridized carbons (Fsp3) is 0.429. The highest BCUT2D eigenvalue weighted by Crippen LogP contribution is 2.38. The number of likely N-dealkylation sites (N-methyl/N-ethyl adjacent to an activating group) is 1. The van der Waals surface area contributed by atoms with E-state index in [2.05, 4.69) is 10.2 Å². The van der Waals surface area contributed by atoms with Crippen molar-refractivity contribution in [3.8, 4) is 5.75 Å². The Morgan fingerprint density at radius 1 is 1.12 bits per heavy atom. The number of aliphatic hydroxyl groups excluding tert-OH is 1. The fourth-order valence-corrected chi connectivity index (χ4v) is 6.69. The number of nitrogens with one attached hydrogen (secondary N) is 1. The van der Waals surface area contributed by atoms with Gasteiger partial charge in [-0.25, -0.2) is 9.59 Å². The van der Waals surface area contributed by atoms with Gasteiger partial charge in [-0.3, -0.25) is 5.32 Å². The van der Waals surface area contributed by atoms with Crippen molar-refractivity contribution in [2.24, 2.45) is 0 Å². The molecule has 0 atom stereocenters. The third kappa shape index (κ3) is 6.96. The molecule has 12 heteroatoms. The third-order valence-electron chi connectivity index (χ3n) is 7.05. The van der Waals surface area contributed by atoms with Crippen LogP contribution in [0.1, 0.15) is 41.0 Å². The first-order chi connectivity index (χ1) is 19.3. The zero-order chi connectivity index (χ0) is 28.7. The van der Waals surface area contributed by atoms with E-state index in [1.807, 2.05) is 29.9 Å². The lowest BCUT2D eigenvalue weighted by molar-refractivity contribution is -0.169. The van der Waals surface area contributed by atoms with E-state index in [-0.39, 0.29) is 30.4 Å². The molecule has 40 heavy (non-hydrogen) atoms. The molecule has 0 spiro atoms. The van der Waals surface area contributed by atoms with Crippen LogP contribution in [0.25, 0.3) is 0 Å². The number of amides is 1. The van der Waals surface area contributed by atoms with Crippen LogP contribution < -0.4 is 10.1 Å². The van der Waals surface area contributed by atoms with E-state index in [0.717, 1.165) is 12.8 Å². The fourth-order valence-electron chi connectivity index (χ4n) is 4.75. The Hall–Kier alpha value is -2.67. The molecule has 216 valence electrons. The summed E-state index contributed by atoms with van der Waals surface area (Å²) < 4.78 is 16.4. The number of benzene rings is 1. The summed E-state index contributed by atoms with van der Waals surface area (Å²) in [5.41, 5.74) is -0.963. The number of hydrogen-bond donors (Lipinski definition) is 3. The summed E-state index contributed by atoms with van der Waals surface area (Å²) in [6.07, 6.45) is 2.06. The molecule has 0 saturated heterocycles. The van der Waals surface area contributed by atoms with E-state index in [1.54, 1.807) is 12.1 Å². The molecule has 0 unspecified atom stereocenters. The van der Waals surface area contributed by atoms with Gasteiger partial charge >= 0.3 is 12.1 Å². The lowest BCUT2D eigenvalue weighted by atomic mass is 9.91. The molecule has 9 nitrogen and oxygen atoms in total. The lowest BCUT2D eigenvalue weighted by Gasteiger charge is -2.35. The molecule has 2 aromatic heterocycles. The normalized spacial score (nSPS) is 17.4. The number of thiophene rings is 2. The van der Waals surface area contributed by atoms with Crippen LogP contribution in [-0.4, -0.2) is 66.6 Å². The van der Waals surface area contributed by atoms with E-state index in [1.165, 1.54) is 41.9 Å². The zero-order valence-corrected chi connectivity index (χ0v) is 24.7. The van der Waals surface area contributed by atoms with Gasteiger partial charge in [-0.05, 0) is 61.7 Å². The Labute approximate surface area is 246 Å². The second-order valence-electron chi connectivity index (χ2n) is 9.54. The molecule has 1 saturated carbocycles. The SMILES string of the molecule is COc1cc(NC(=O)OCCN(C)C2CCC(OC(=O)C(O)(c3cccs3)c3cccs3)CC2)c(Cl)cc1CO. The van der Waals surface area contributed by atoms with Gasteiger partial charge in [0.2, 0.25) is 5.60 Å². The monoisotopic (exact) mass is 608 g/mol. The van der Waals surface area contributed by atoms with Crippen molar-refractivity contribution in [2.45, 2.75) is 50.0 Å². The van der Waals surface area contributed by atoms with Crippen molar-refractivity contribution in [1.29, 1.82) is 0 Å². The van der Waals surface area contributed by atoms with Crippen LogP contribution in [0, 0.1) is 0 Å². The minimum Gasteiger partial charge on any atom is -0.496 e. The summed E-state index contributed by atoms with van der Waals surface area (Å²) >= 11 is 8.85. The van der Waals surface area contributed by atoms with Gasteiger partial charge in [-0.1, -0.05) is 23.7 Å². The first-order valence-electron chi connectivity index (χ1n) is 12.9. The average molecular weight is 609 g/mol. The second-order valence-corrected chi connectivity index (χ2v) is 11.8. The molecule has 0 bridgehead atoms. The first kappa shape index (κ1) is 30.3. The maximum absolute atomic E-state index is 13.2.